The summed E-state index contributed by atoms with van der Waals surface area (Å²) in [6, 6.07) is 9.73. The Labute approximate surface area is 117 Å². The lowest BCUT2D eigenvalue weighted by Crippen LogP contribution is -2.28. The van der Waals surface area contributed by atoms with E-state index in [-0.39, 0.29) is 17.8 Å². The molecule has 6 nitrogen and oxygen atoms in total. The summed E-state index contributed by atoms with van der Waals surface area (Å²) in [6.07, 6.45) is 1.39. The summed E-state index contributed by atoms with van der Waals surface area (Å²) in [5.41, 5.74) is 7.12. The van der Waals surface area contributed by atoms with Crippen molar-refractivity contribution >= 4 is 5.91 Å². The zero-order valence-corrected chi connectivity index (χ0v) is 11.5. The van der Waals surface area contributed by atoms with Crippen molar-refractivity contribution in [1.29, 1.82) is 0 Å². The minimum Gasteiger partial charge on any atom is -0.349 e. The van der Waals surface area contributed by atoms with Crippen molar-refractivity contribution < 1.29 is 4.79 Å². The first kappa shape index (κ1) is 14.2. The third-order valence-corrected chi connectivity index (χ3v) is 3.04. The summed E-state index contributed by atoms with van der Waals surface area (Å²) in [5.74, 6) is 0.604. The molecule has 0 aliphatic carbocycles. The fraction of sp³-hybridized carbons (Fsp3) is 0.357. The SMILES string of the molecule is CCc1nc(C(=O)NCCC(N)c2ccccc2)n[nH]1. The van der Waals surface area contributed by atoms with Crippen molar-refractivity contribution in [2.75, 3.05) is 6.54 Å². The molecule has 0 saturated carbocycles. The standard InChI is InChI=1S/C14H19N5O/c1-2-12-17-13(19-18-12)14(20)16-9-8-11(15)10-6-4-3-5-7-10/h3-7,11H,2,8-9,15H2,1H3,(H,16,20)(H,17,18,19). The first-order chi connectivity index (χ1) is 9.70. The van der Waals surface area contributed by atoms with Crippen LogP contribution >= 0.6 is 0 Å². The zero-order chi connectivity index (χ0) is 14.4. The molecule has 106 valence electrons. The molecule has 1 heterocycles. The van der Waals surface area contributed by atoms with E-state index in [4.69, 9.17) is 5.73 Å². The number of nitrogens with two attached hydrogens (primary N) is 1. The number of carbonyl (C=O) groups is 1. The predicted molar refractivity (Wildman–Crippen MR) is 76.1 cm³/mol. The van der Waals surface area contributed by atoms with Crippen LogP contribution < -0.4 is 11.1 Å². The van der Waals surface area contributed by atoms with Crippen LogP contribution in [0, 0.1) is 0 Å². The maximum Gasteiger partial charge on any atom is 0.290 e. The third-order valence-electron chi connectivity index (χ3n) is 3.04. The number of carbonyl (C=O) groups excluding carboxylic acids is 1. The van der Waals surface area contributed by atoms with Crippen LogP contribution in [0.15, 0.2) is 30.3 Å². The molecule has 1 amide bonds. The van der Waals surface area contributed by atoms with Crippen LogP contribution in [0.2, 0.25) is 0 Å². The van der Waals surface area contributed by atoms with Crippen LogP contribution in [0.3, 0.4) is 0 Å². The van der Waals surface area contributed by atoms with Gasteiger partial charge >= 0.3 is 0 Å². The van der Waals surface area contributed by atoms with Gasteiger partial charge in [-0.05, 0) is 12.0 Å². The van der Waals surface area contributed by atoms with E-state index in [9.17, 15) is 4.79 Å². The average Bonchev–Trinajstić information content (AvgIpc) is 2.97. The molecule has 0 spiro atoms. The molecule has 1 unspecified atom stereocenters. The number of benzene rings is 1. The minimum absolute atomic E-state index is 0.0881. The van der Waals surface area contributed by atoms with E-state index in [1.54, 1.807) is 0 Å². The van der Waals surface area contributed by atoms with E-state index in [0.29, 0.717) is 18.8 Å². The third kappa shape index (κ3) is 3.64. The lowest BCUT2D eigenvalue weighted by Gasteiger charge is -2.11. The number of H-pyrrole nitrogens is 1. The molecule has 4 N–H and O–H groups in total. The summed E-state index contributed by atoms with van der Waals surface area (Å²) in [4.78, 5) is 15.9. The average molecular weight is 273 g/mol. The molecule has 20 heavy (non-hydrogen) atoms. The van der Waals surface area contributed by atoms with E-state index < -0.39 is 0 Å². The largest absolute Gasteiger partial charge is 0.349 e. The molecular formula is C14H19N5O. The number of hydrogen-bond acceptors (Lipinski definition) is 4. The van der Waals surface area contributed by atoms with Crippen LogP contribution in [0.25, 0.3) is 0 Å². The molecule has 0 bridgehead atoms. The first-order valence-electron chi connectivity index (χ1n) is 6.70. The number of hydrogen-bond donors (Lipinski definition) is 3. The number of rotatable bonds is 6. The van der Waals surface area contributed by atoms with Crippen LogP contribution in [0.4, 0.5) is 0 Å². The van der Waals surface area contributed by atoms with Gasteiger partial charge in [0.1, 0.15) is 5.82 Å². The molecule has 0 aliphatic rings. The first-order valence-corrected chi connectivity index (χ1v) is 6.70. The van der Waals surface area contributed by atoms with Gasteiger partial charge in [-0.15, -0.1) is 5.10 Å². The Morgan fingerprint density at radius 3 is 2.80 bits per heavy atom. The highest BCUT2D eigenvalue weighted by atomic mass is 16.2. The van der Waals surface area contributed by atoms with Gasteiger partial charge in [0.05, 0.1) is 0 Å². The van der Waals surface area contributed by atoms with Gasteiger partial charge in [0.15, 0.2) is 0 Å². The van der Waals surface area contributed by atoms with Crippen LogP contribution in [0.1, 0.15) is 41.4 Å². The van der Waals surface area contributed by atoms with Gasteiger partial charge in [-0.2, -0.15) is 0 Å². The van der Waals surface area contributed by atoms with Crippen LogP contribution in [0.5, 0.6) is 0 Å². The highest BCUT2D eigenvalue weighted by molar-refractivity contribution is 5.90. The molecule has 0 saturated heterocycles. The lowest BCUT2D eigenvalue weighted by atomic mass is 10.1. The number of nitrogens with zero attached hydrogens (tertiary/aromatic N) is 2. The molecule has 2 aromatic rings. The second-order valence-corrected chi connectivity index (χ2v) is 4.52. The minimum atomic E-state index is -0.277. The smallest absolute Gasteiger partial charge is 0.290 e. The fourth-order valence-electron chi connectivity index (χ4n) is 1.84. The Morgan fingerprint density at radius 2 is 2.15 bits per heavy atom. The normalized spacial score (nSPS) is 12.1. The molecule has 1 aromatic carbocycles. The van der Waals surface area contributed by atoms with E-state index >= 15 is 0 Å². The molecular weight excluding hydrogens is 254 g/mol. The Balaban J connectivity index is 1.79. The lowest BCUT2D eigenvalue weighted by molar-refractivity contribution is 0.0942. The summed E-state index contributed by atoms with van der Waals surface area (Å²) in [5, 5.41) is 9.35. The zero-order valence-electron chi connectivity index (χ0n) is 11.5. The Morgan fingerprint density at radius 1 is 1.40 bits per heavy atom. The van der Waals surface area contributed by atoms with Crippen LogP contribution in [-0.2, 0) is 6.42 Å². The molecule has 0 radical (unpaired) electrons. The highest BCUT2D eigenvalue weighted by Gasteiger charge is 2.12. The molecule has 0 fully saturated rings. The van der Waals surface area contributed by atoms with Crippen molar-refractivity contribution in [2.24, 2.45) is 5.73 Å². The van der Waals surface area contributed by atoms with Gasteiger partial charge in [-0.3, -0.25) is 9.89 Å². The van der Waals surface area contributed by atoms with Gasteiger partial charge in [0.25, 0.3) is 5.91 Å². The Bertz CT molecular complexity index is 552. The van der Waals surface area contributed by atoms with Crippen molar-refractivity contribution in [2.45, 2.75) is 25.8 Å². The van der Waals surface area contributed by atoms with Crippen molar-refractivity contribution in [1.82, 2.24) is 20.5 Å². The second-order valence-electron chi connectivity index (χ2n) is 4.52. The van der Waals surface area contributed by atoms with E-state index in [0.717, 1.165) is 12.0 Å². The highest BCUT2D eigenvalue weighted by Crippen LogP contribution is 2.12. The molecule has 2 rings (SSSR count). The van der Waals surface area contributed by atoms with E-state index in [1.807, 2.05) is 37.3 Å². The number of amides is 1. The van der Waals surface area contributed by atoms with Gasteiger partial charge in [-0.25, -0.2) is 4.98 Å². The monoisotopic (exact) mass is 273 g/mol. The van der Waals surface area contributed by atoms with Crippen LogP contribution in [-0.4, -0.2) is 27.6 Å². The maximum atomic E-state index is 11.8. The van der Waals surface area contributed by atoms with Crippen molar-refractivity contribution in [3.63, 3.8) is 0 Å². The maximum absolute atomic E-state index is 11.8. The van der Waals surface area contributed by atoms with Gasteiger partial charge in [0.2, 0.25) is 5.82 Å². The molecule has 1 aromatic heterocycles. The fourth-order valence-corrected chi connectivity index (χ4v) is 1.84. The van der Waals surface area contributed by atoms with Crippen molar-refractivity contribution in [3.8, 4) is 0 Å². The second kappa shape index (κ2) is 6.81. The number of aromatic amines is 1. The summed E-state index contributed by atoms with van der Waals surface area (Å²) in [7, 11) is 0. The number of nitrogens with one attached hydrogen (secondary N) is 2. The summed E-state index contributed by atoms with van der Waals surface area (Å²) in [6.45, 7) is 2.44. The topological polar surface area (TPSA) is 96.7 Å². The van der Waals surface area contributed by atoms with Gasteiger partial charge in [-0.1, -0.05) is 37.3 Å². The summed E-state index contributed by atoms with van der Waals surface area (Å²) >= 11 is 0. The van der Waals surface area contributed by atoms with Gasteiger partial charge < -0.3 is 11.1 Å². The molecule has 0 aliphatic heterocycles. The van der Waals surface area contributed by atoms with Crippen molar-refractivity contribution in [3.05, 3.63) is 47.5 Å². The Hall–Kier alpha value is -2.21. The number of aromatic nitrogens is 3. The number of aryl methyl sites for hydroxylation is 1. The predicted octanol–water partition coefficient (Wildman–Crippen LogP) is 1.19. The Kier molecular flexibility index (Phi) is 4.84. The van der Waals surface area contributed by atoms with E-state index in [2.05, 4.69) is 20.5 Å². The molecule has 1 atom stereocenters. The quantitative estimate of drug-likeness (QED) is 0.736. The van der Waals surface area contributed by atoms with E-state index in [1.165, 1.54) is 0 Å². The molecule has 6 heteroatoms. The van der Waals surface area contributed by atoms with Gasteiger partial charge in [0, 0.05) is 19.0 Å². The summed E-state index contributed by atoms with van der Waals surface area (Å²) < 4.78 is 0.